The van der Waals surface area contributed by atoms with Crippen LogP contribution in [-0.2, 0) is 14.8 Å². The second-order valence-corrected chi connectivity index (χ2v) is 8.24. The molecule has 0 bridgehead atoms. The number of nitrogens with two attached hydrogens (primary N) is 1. The van der Waals surface area contributed by atoms with Crippen LogP contribution in [0, 0.1) is 0 Å². The van der Waals surface area contributed by atoms with Crippen molar-refractivity contribution in [2.24, 2.45) is 0 Å². The highest BCUT2D eigenvalue weighted by Gasteiger charge is 2.23. The number of amides is 1. The van der Waals surface area contributed by atoms with E-state index < -0.39 is 10.0 Å². The highest BCUT2D eigenvalue weighted by Crippen LogP contribution is 2.18. The predicted molar refractivity (Wildman–Crippen MR) is 94.5 cm³/mol. The van der Waals surface area contributed by atoms with Crippen molar-refractivity contribution < 1.29 is 22.9 Å². The van der Waals surface area contributed by atoms with Gasteiger partial charge < -0.3 is 15.1 Å². The summed E-state index contributed by atoms with van der Waals surface area (Å²) in [5.74, 6) is 0.580. The zero-order valence-electron chi connectivity index (χ0n) is 14.8. The number of hydrogen-bond acceptors (Lipinski definition) is 4. The molecule has 2 atom stereocenters. The number of nitrogens with zero attached hydrogens (tertiary/aromatic N) is 1. The number of carbonyl (C=O) groups excluding carboxylic acids is 1. The average molecular weight is 366 g/mol. The molecule has 0 aliphatic carbocycles. The molecule has 0 spiro atoms. The molecule has 1 amide bonds. The number of nitrogens with one attached hydrogen (secondary N) is 1. The van der Waals surface area contributed by atoms with Crippen molar-refractivity contribution in [2.45, 2.75) is 30.8 Å². The molecule has 0 saturated heterocycles. The maximum absolute atomic E-state index is 12.4. The summed E-state index contributed by atoms with van der Waals surface area (Å²) in [6, 6.07) is 9.52. The maximum Gasteiger partial charge on any atom is 0.282 e. The summed E-state index contributed by atoms with van der Waals surface area (Å²) in [5, 5.41) is 4.64. The Labute approximate surface area is 148 Å². The summed E-state index contributed by atoms with van der Waals surface area (Å²) in [4.78, 5) is 12.5. The zero-order valence-corrected chi connectivity index (χ0v) is 15.6. The van der Waals surface area contributed by atoms with E-state index >= 15 is 0 Å². The van der Waals surface area contributed by atoms with Gasteiger partial charge in [-0.1, -0.05) is 6.07 Å². The van der Waals surface area contributed by atoms with Crippen molar-refractivity contribution in [2.75, 3.05) is 19.4 Å². The molecule has 0 saturated carbocycles. The van der Waals surface area contributed by atoms with Crippen LogP contribution >= 0.6 is 0 Å². The summed E-state index contributed by atoms with van der Waals surface area (Å²) in [6.07, 6.45) is 1.60. The SMILES string of the molecule is C[C@H]([NH2+][C@H](C)C(=O)Nc1cccc(S(=O)(=O)N(C)C)c1)c1ccco1. The van der Waals surface area contributed by atoms with Gasteiger partial charge in [0.1, 0.15) is 6.04 Å². The van der Waals surface area contributed by atoms with E-state index in [0.717, 1.165) is 10.1 Å². The van der Waals surface area contributed by atoms with Gasteiger partial charge in [-0.15, -0.1) is 0 Å². The van der Waals surface area contributed by atoms with Crippen molar-refractivity contribution in [3.8, 4) is 0 Å². The van der Waals surface area contributed by atoms with Gasteiger partial charge in [0.15, 0.2) is 11.8 Å². The summed E-state index contributed by atoms with van der Waals surface area (Å²) in [5.41, 5.74) is 0.443. The molecule has 0 unspecified atom stereocenters. The third-order valence-electron chi connectivity index (χ3n) is 3.86. The van der Waals surface area contributed by atoms with E-state index in [1.807, 2.05) is 18.3 Å². The number of anilines is 1. The summed E-state index contributed by atoms with van der Waals surface area (Å²) in [7, 11) is -0.610. The molecule has 0 aliphatic rings. The van der Waals surface area contributed by atoms with Crippen LogP contribution in [0.4, 0.5) is 5.69 Å². The molecule has 0 aliphatic heterocycles. The number of sulfonamides is 1. The number of rotatable bonds is 7. The Bertz CT molecular complexity index is 816. The molecule has 136 valence electrons. The Balaban J connectivity index is 2.05. The van der Waals surface area contributed by atoms with Gasteiger partial charge >= 0.3 is 0 Å². The van der Waals surface area contributed by atoms with Crippen molar-refractivity contribution in [1.82, 2.24) is 4.31 Å². The normalized spacial score (nSPS) is 14.3. The minimum Gasteiger partial charge on any atom is -0.463 e. The second-order valence-electron chi connectivity index (χ2n) is 6.09. The van der Waals surface area contributed by atoms with Crippen molar-refractivity contribution in [3.05, 3.63) is 48.4 Å². The van der Waals surface area contributed by atoms with Gasteiger partial charge in [-0.2, -0.15) is 0 Å². The second kappa shape index (κ2) is 7.81. The quantitative estimate of drug-likeness (QED) is 0.769. The van der Waals surface area contributed by atoms with Crippen LogP contribution in [0.3, 0.4) is 0 Å². The first-order valence-corrected chi connectivity index (χ1v) is 9.37. The van der Waals surface area contributed by atoms with Crippen molar-refractivity contribution in [1.29, 1.82) is 0 Å². The van der Waals surface area contributed by atoms with E-state index in [4.69, 9.17) is 4.42 Å². The van der Waals surface area contributed by atoms with Crippen molar-refractivity contribution >= 4 is 21.6 Å². The van der Waals surface area contributed by atoms with Gasteiger partial charge in [0.05, 0.1) is 11.2 Å². The van der Waals surface area contributed by atoms with E-state index in [0.29, 0.717) is 5.69 Å². The number of carbonyl (C=O) groups is 1. The number of hydrogen-bond donors (Lipinski definition) is 2. The highest BCUT2D eigenvalue weighted by atomic mass is 32.2. The van der Waals surface area contributed by atoms with Crippen LogP contribution in [0.1, 0.15) is 25.6 Å². The fourth-order valence-electron chi connectivity index (χ4n) is 2.37. The third kappa shape index (κ3) is 4.68. The van der Waals surface area contributed by atoms with Gasteiger partial charge in [0.25, 0.3) is 5.91 Å². The van der Waals surface area contributed by atoms with Gasteiger partial charge in [0, 0.05) is 19.8 Å². The zero-order chi connectivity index (χ0) is 18.6. The predicted octanol–water partition coefficient (Wildman–Crippen LogP) is 1.18. The Morgan fingerprint density at radius 3 is 2.52 bits per heavy atom. The van der Waals surface area contributed by atoms with Gasteiger partial charge in [-0.05, 0) is 44.2 Å². The Hall–Kier alpha value is -2.16. The van der Waals surface area contributed by atoms with Crippen LogP contribution in [0.5, 0.6) is 0 Å². The standard InChI is InChI=1S/C17H23N3O4S/c1-12(16-9-6-10-24-16)18-13(2)17(21)19-14-7-5-8-15(11-14)25(22,23)20(3)4/h5-13,18H,1-4H3,(H,19,21)/p+1/t12-,13+/m0/s1. The molecule has 1 aromatic heterocycles. The Morgan fingerprint density at radius 1 is 1.20 bits per heavy atom. The lowest BCUT2D eigenvalue weighted by atomic mass is 10.2. The van der Waals surface area contributed by atoms with Crippen LogP contribution < -0.4 is 10.6 Å². The molecule has 8 heteroatoms. The fourth-order valence-corrected chi connectivity index (χ4v) is 3.31. The molecule has 1 aromatic carbocycles. The first-order chi connectivity index (χ1) is 11.7. The lowest BCUT2D eigenvalue weighted by Gasteiger charge is -2.16. The number of benzene rings is 1. The van der Waals surface area contributed by atoms with Crippen molar-refractivity contribution in [3.63, 3.8) is 0 Å². The Morgan fingerprint density at radius 2 is 1.92 bits per heavy atom. The van der Waals surface area contributed by atoms with Gasteiger partial charge in [-0.3, -0.25) is 4.79 Å². The molecule has 7 nitrogen and oxygen atoms in total. The summed E-state index contributed by atoms with van der Waals surface area (Å²) in [6.45, 7) is 3.74. The van der Waals surface area contributed by atoms with Crippen LogP contribution in [0.15, 0.2) is 52.0 Å². The molecule has 2 rings (SSSR count). The number of furan rings is 1. The Kier molecular flexibility index (Phi) is 5.99. The van der Waals surface area contributed by atoms with Gasteiger partial charge in [0.2, 0.25) is 10.0 Å². The largest absolute Gasteiger partial charge is 0.463 e. The fraction of sp³-hybridized carbons (Fsp3) is 0.353. The molecule has 1 heterocycles. The molecule has 0 fully saturated rings. The molecule has 0 radical (unpaired) electrons. The molecular weight excluding hydrogens is 342 g/mol. The smallest absolute Gasteiger partial charge is 0.282 e. The molecule has 2 aromatic rings. The summed E-state index contributed by atoms with van der Waals surface area (Å²) >= 11 is 0. The van der Waals surface area contributed by atoms with Gasteiger partial charge in [-0.25, -0.2) is 12.7 Å². The first kappa shape index (κ1) is 19.2. The minimum absolute atomic E-state index is 0.00352. The van der Waals surface area contributed by atoms with E-state index in [1.165, 1.54) is 26.2 Å². The van der Waals surface area contributed by atoms with E-state index in [9.17, 15) is 13.2 Å². The minimum atomic E-state index is -3.54. The van der Waals surface area contributed by atoms with Crippen LogP contribution in [0.25, 0.3) is 0 Å². The number of quaternary nitrogens is 1. The van der Waals surface area contributed by atoms with E-state index in [1.54, 1.807) is 31.4 Å². The van der Waals surface area contributed by atoms with Crippen LogP contribution in [0.2, 0.25) is 0 Å². The average Bonchev–Trinajstić information content (AvgIpc) is 3.09. The van der Waals surface area contributed by atoms with Crippen LogP contribution in [-0.4, -0.2) is 38.8 Å². The third-order valence-corrected chi connectivity index (χ3v) is 5.67. The first-order valence-electron chi connectivity index (χ1n) is 7.93. The highest BCUT2D eigenvalue weighted by molar-refractivity contribution is 7.89. The van der Waals surface area contributed by atoms with E-state index in [-0.39, 0.29) is 22.9 Å². The maximum atomic E-state index is 12.4. The van der Waals surface area contributed by atoms with E-state index in [2.05, 4.69) is 5.32 Å². The molecule has 25 heavy (non-hydrogen) atoms. The molecule has 3 N–H and O–H groups in total. The lowest BCUT2D eigenvalue weighted by Crippen LogP contribution is -2.91. The monoisotopic (exact) mass is 366 g/mol. The summed E-state index contributed by atoms with van der Waals surface area (Å²) < 4.78 is 30.8. The lowest BCUT2D eigenvalue weighted by molar-refractivity contribution is -0.711. The topological polar surface area (TPSA) is 96.2 Å². The molecular formula is C17H24N3O4S+.